The number of nitrogens with one attached hydrogen (secondary N) is 3. The van der Waals surface area contributed by atoms with Gasteiger partial charge in [-0.25, -0.2) is 14.6 Å². The lowest BCUT2D eigenvalue weighted by molar-refractivity contribution is -0.108. The number of carbonyl (C=O) groups excluding carboxylic acids is 4. The summed E-state index contributed by atoms with van der Waals surface area (Å²) >= 11 is 0. The highest BCUT2D eigenvalue weighted by atomic mass is 16.5. The molecule has 0 spiro atoms. The van der Waals surface area contributed by atoms with Gasteiger partial charge in [0.2, 0.25) is 6.41 Å². The van der Waals surface area contributed by atoms with E-state index in [9.17, 15) is 19.2 Å². The summed E-state index contributed by atoms with van der Waals surface area (Å²) in [5, 5.41) is 7.22. The van der Waals surface area contributed by atoms with Crippen LogP contribution in [-0.2, 0) is 21.6 Å². The number of ether oxygens (including phenoxy) is 2. The molecule has 1 aliphatic rings. The van der Waals surface area contributed by atoms with Gasteiger partial charge < -0.3 is 24.1 Å². The summed E-state index contributed by atoms with van der Waals surface area (Å²) in [6.45, 7) is 2.01. The second kappa shape index (κ2) is 9.33. The second-order valence-electron chi connectivity index (χ2n) is 8.04. The fourth-order valence-corrected chi connectivity index (χ4v) is 3.92. The molecular formula is C23H23N5O7. The molecule has 182 valence electrons. The van der Waals surface area contributed by atoms with Crippen LogP contribution in [0.2, 0.25) is 0 Å². The van der Waals surface area contributed by atoms with Crippen LogP contribution in [-0.4, -0.2) is 55.1 Å². The van der Waals surface area contributed by atoms with Gasteiger partial charge in [0, 0.05) is 18.2 Å². The van der Waals surface area contributed by atoms with Crippen LogP contribution in [0, 0.1) is 0 Å². The van der Waals surface area contributed by atoms with Crippen LogP contribution < -0.4 is 20.7 Å². The van der Waals surface area contributed by atoms with Crippen molar-refractivity contribution in [3.63, 3.8) is 0 Å². The molecule has 0 saturated heterocycles. The van der Waals surface area contributed by atoms with E-state index < -0.39 is 17.7 Å². The summed E-state index contributed by atoms with van der Waals surface area (Å²) in [6.07, 6.45) is -0.425. The van der Waals surface area contributed by atoms with Crippen molar-refractivity contribution in [3.05, 3.63) is 53.3 Å². The summed E-state index contributed by atoms with van der Waals surface area (Å²) in [7, 11) is 2.76. The van der Waals surface area contributed by atoms with Gasteiger partial charge in [-0.05, 0) is 36.8 Å². The lowest BCUT2D eigenvalue weighted by Gasteiger charge is -2.32. The Balaban J connectivity index is 1.66. The Bertz CT molecular complexity index is 1320. The number of rotatable bonds is 7. The zero-order chi connectivity index (χ0) is 25.2. The maximum Gasteiger partial charge on any atom is 0.412 e. The first-order valence-corrected chi connectivity index (χ1v) is 10.5. The molecule has 1 aromatic carbocycles. The van der Waals surface area contributed by atoms with Gasteiger partial charge in [-0.2, -0.15) is 0 Å². The zero-order valence-corrected chi connectivity index (χ0v) is 19.2. The number of aromatic nitrogens is 1. The van der Waals surface area contributed by atoms with Gasteiger partial charge in [-0.1, -0.05) is 6.07 Å². The van der Waals surface area contributed by atoms with Crippen molar-refractivity contribution in [2.24, 2.45) is 0 Å². The van der Waals surface area contributed by atoms with E-state index in [-0.39, 0.29) is 30.4 Å². The van der Waals surface area contributed by atoms with E-state index in [1.165, 1.54) is 20.3 Å². The van der Waals surface area contributed by atoms with Crippen molar-refractivity contribution in [2.75, 3.05) is 26.1 Å². The number of pyridine rings is 1. The number of anilines is 1. The largest absolute Gasteiger partial charge is 0.497 e. The van der Waals surface area contributed by atoms with E-state index in [1.807, 2.05) is 11.4 Å². The maximum atomic E-state index is 13.1. The van der Waals surface area contributed by atoms with Crippen molar-refractivity contribution >= 4 is 41.4 Å². The Morgan fingerprint density at radius 1 is 1.23 bits per heavy atom. The lowest BCUT2D eigenvalue weighted by Crippen LogP contribution is -2.53. The number of nitrogens with zero attached hydrogens (tertiary/aromatic N) is 2. The molecule has 0 fully saturated rings. The van der Waals surface area contributed by atoms with Crippen molar-refractivity contribution < 1.29 is 33.1 Å². The molecule has 35 heavy (non-hydrogen) atoms. The van der Waals surface area contributed by atoms with Gasteiger partial charge in [-0.3, -0.25) is 20.2 Å². The predicted octanol–water partition coefficient (Wildman–Crippen LogP) is 2.34. The highest BCUT2D eigenvalue weighted by Crippen LogP contribution is 2.33. The van der Waals surface area contributed by atoms with Crippen molar-refractivity contribution in [1.29, 1.82) is 0 Å². The first-order chi connectivity index (χ1) is 16.8. The second-order valence-corrected chi connectivity index (χ2v) is 8.04. The number of amides is 5. The van der Waals surface area contributed by atoms with Gasteiger partial charge in [0.25, 0.3) is 5.91 Å². The molecule has 3 heterocycles. The van der Waals surface area contributed by atoms with E-state index in [1.54, 1.807) is 36.1 Å². The minimum Gasteiger partial charge on any atom is -0.497 e. The van der Waals surface area contributed by atoms with Crippen LogP contribution in [0.25, 0.3) is 11.1 Å². The molecule has 3 aromatic rings. The molecule has 12 heteroatoms. The molecule has 5 amide bonds. The van der Waals surface area contributed by atoms with Crippen LogP contribution in [0.5, 0.6) is 5.75 Å². The molecular weight excluding hydrogens is 458 g/mol. The SMILES string of the molecule is COC(=O)Nc1ccc2oc([C@](C)(CN3Cc4ccc(OC)cc4C3=O)NC(=O)NC=O)cc2n1. The Hall–Kier alpha value is -4.61. The van der Waals surface area contributed by atoms with Crippen LogP contribution in [0.4, 0.5) is 15.4 Å². The quantitative estimate of drug-likeness (QED) is 0.435. The third kappa shape index (κ3) is 4.71. The van der Waals surface area contributed by atoms with Crippen molar-refractivity contribution in [3.8, 4) is 5.75 Å². The number of hydrogen-bond acceptors (Lipinski definition) is 8. The minimum atomic E-state index is -1.24. The number of urea groups is 1. The molecule has 0 saturated carbocycles. The van der Waals surface area contributed by atoms with E-state index in [4.69, 9.17) is 9.15 Å². The van der Waals surface area contributed by atoms with Crippen LogP contribution in [0.1, 0.15) is 28.6 Å². The Kier molecular flexibility index (Phi) is 6.28. The summed E-state index contributed by atoms with van der Waals surface area (Å²) in [6, 6.07) is 9.22. The monoisotopic (exact) mass is 481 g/mol. The predicted molar refractivity (Wildman–Crippen MR) is 123 cm³/mol. The fourth-order valence-electron chi connectivity index (χ4n) is 3.92. The number of methoxy groups -OCH3 is 2. The number of imide groups is 1. The van der Waals surface area contributed by atoms with Gasteiger partial charge >= 0.3 is 12.1 Å². The Morgan fingerprint density at radius 3 is 2.74 bits per heavy atom. The minimum absolute atomic E-state index is 0.0300. The number of benzene rings is 1. The molecule has 2 aromatic heterocycles. The number of furan rings is 1. The number of fused-ring (bicyclic) bond motifs is 2. The van der Waals surface area contributed by atoms with E-state index in [0.29, 0.717) is 29.0 Å². The topological polar surface area (TPSA) is 152 Å². The molecule has 1 aliphatic heterocycles. The Morgan fingerprint density at radius 2 is 2.03 bits per heavy atom. The highest BCUT2D eigenvalue weighted by molar-refractivity contribution is 5.99. The van der Waals surface area contributed by atoms with Crippen molar-refractivity contribution in [1.82, 2.24) is 20.5 Å². The molecule has 0 radical (unpaired) electrons. The highest BCUT2D eigenvalue weighted by Gasteiger charge is 2.39. The Labute approximate surface area is 199 Å². The van der Waals surface area contributed by atoms with E-state index >= 15 is 0 Å². The molecule has 0 unspecified atom stereocenters. The van der Waals surface area contributed by atoms with E-state index in [0.717, 1.165) is 5.56 Å². The maximum absolute atomic E-state index is 13.1. The third-order valence-corrected chi connectivity index (χ3v) is 5.62. The van der Waals surface area contributed by atoms with Gasteiger partial charge in [-0.15, -0.1) is 0 Å². The summed E-state index contributed by atoms with van der Waals surface area (Å²) in [4.78, 5) is 53.6. The van der Waals surface area contributed by atoms with Gasteiger partial charge in [0.1, 0.15) is 28.4 Å². The summed E-state index contributed by atoms with van der Waals surface area (Å²) < 4.78 is 15.8. The smallest absolute Gasteiger partial charge is 0.412 e. The third-order valence-electron chi connectivity index (χ3n) is 5.62. The average molecular weight is 481 g/mol. The fraction of sp³-hybridized carbons (Fsp3) is 0.261. The van der Waals surface area contributed by atoms with Crippen LogP contribution in [0.15, 0.2) is 40.8 Å². The van der Waals surface area contributed by atoms with E-state index in [2.05, 4.69) is 20.4 Å². The molecule has 3 N–H and O–H groups in total. The number of hydrogen-bond donors (Lipinski definition) is 3. The van der Waals surface area contributed by atoms with Gasteiger partial charge in [0.15, 0.2) is 5.58 Å². The van der Waals surface area contributed by atoms with Crippen LogP contribution in [0.3, 0.4) is 0 Å². The molecule has 0 bridgehead atoms. The summed E-state index contributed by atoms with van der Waals surface area (Å²) in [5.74, 6) is 0.855. The average Bonchev–Trinajstić information content (AvgIpc) is 3.40. The zero-order valence-electron chi connectivity index (χ0n) is 19.2. The van der Waals surface area contributed by atoms with Crippen LogP contribution >= 0.6 is 0 Å². The molecule has 0 aliphatic carbocycles. The molecule has 4 rings (SSSR count). The number of carbonyl (C=O) groups is 4. The lowest BCUT2D eigenvalue weighted by atomic mass is 9.98. The first kappa shape index (κ1) is 23.5. The normalized spacial score (nSPS) is 14.1. The first-order valence-electron chi connectivity index (χ1n) is 10.5. The summed E-state index contributed by atoms with van der Waals surface area (Å²) in [5.41, 5.74) is 0.874. The van der Waals surface area contributed by atoms with Crippen molar-refractivity contribution in [2.45, 2.75) is 19.0 Å². The molecule has 1 atom stereocenters. The molecule has 12 nitrogen and oxygen atoms in total. The van der Waals surface area contributed by atoms with Gasteiger partial charge in [0.05, 0.1) is 20.8 Å². The standard InChI is InChI=1S/C23H23N5O7/c1-23(27-21(31)24-12-29,11-28-10-13-4-5-14(33-2)8-15(13)20(28)30)18-9-16-17(35-18)6-7-19(25-16)26-22(32)34-3/h4-9,12H,10-11H2,1-3H3,(H,25,26,32)(H2,24,27,29,31)/t23-/m0/s1.